The van der Waals surface area contributed by atoms with Crippen molar-refractivity contribution in [2.75, 3.05) is 17.9 Å². The lowest BCUT2D eigenvalue weighted by Crippen LogP contribution is -2.36. The maximum absolute atomic E-state index is 12.7. The summed E-state index contributed by atoms with van der Waals surface area (Å²) in [5.41, 5.74) is 9.71. The standard InChI is InChI=1S/C17H20Cl2N6O5S/c1-10-2-5-14(24-31(28,29)11-3-4-12(18)13(19)8-11)16(27)25(10)9-15(26)22-6-7-30-23-17(20)21/h2-5,8,24H,6-7,9H2,1H3,(H,22,26)(H4,20,21,23). The fourth-order valence-corrected chi connectivity index (χ4v) is 3.79. The summed E-state index contributed by atoms with van der Waals surface area (Å²) in [4.78, 5) is 29.4. The van der Waals surface area contributed by atoms with Crippen LogP contribution in [0.15, 0.2) is 45.2 Å². The summed E-state index contributed by atoms with van der Waals surface area (Å²) >= 11 is 11.7. The molecule has 0 spiro atoms. The van der Waals surface area contributed by atoms with E-state index in [4.69, 9.17) is 39.5 Å². The molecule has 14 heteroatoms. The second kappa shape index (κ2) is 10.4. The molecular weight excluding hydrogens is 471 g/mol. The molecular formula is C17H20Cl2N6O5S. The second-order valence-corrected chi connectivity index (χ2v) is 8.66. The van der Waals surface area contributed by atoms with Crippen LogP contribution in [-0.2, 0) is 26.2 Å². The number of hydrogen-bond acceptors (Lipinski definition) is 6. The molecule has 0 atom stereocenters. The van der Waals surface area contributed by atoms with Crippen LogP contribution in [0.3, 0.4) is 0 Å². The predicted octanol–water partition coefficient (Wildman–Crippen LogP) is 0.586. The van der Waals surface area contributed by atoms with Crippen molar-refractivity contribution in [2.45, 2.75) is 18.4 Å². The number of guanidine groups is 1. The van der Waals surface area contributed by atoms with Crippen LogP contribution in [0.5, 0.6) is 0 Å². The van der Waals surface area contributed by atoms with Crippen molar-refractivity contribution in [3.63, 3.8) is 0 Å². The lowest BCUT2D eigenvalue weighted by molar-refractivity contribution is -0.122. The highest BCUT2D eigenvalue weighted by molar-refractivity contribution is 7.92. The molecule has 0 aliphatic rings. The lowest BCUT2D eigenvalue weighted by Gasteiger charge is -2.13. The maximum Gasteiger partial charge on any atom is 0.275 e. The van der Waals surface area contributed by atoms with Crippen molar-refractivity contribution in [2.24, 2.45) is 16.6 Å². The summed E-state index contributed by atoms with van der Waals surface area (Å²) in [7, 11) is -4.12. The number of carbonyl (C=O) groups excluding carboxylic acids is 1. The molecule has 0 fully saturated rings. The van der Waals surface area contributed by atoms with E-state index in [1.165, 1.54) is 24.3 Å². The van der Waals surface area contributed by atoms with Gasteiger partial charge in [0.2, 0.25) is 11.9 Å². The molecule has 0 radical (unpaired) electrons. The van der Waals surface area contributed by atoms with Gasteiger partial charge < -0.3 is 26.2 Å². The summed E-state index contributed by atoms with van der Waals surface area (Å²) < 4.78 is 28.5. The highest BCUT2D eigenvalue weighted by Gasteiger charge is 2.19. The van der Waals surface area contributed by atoms with Gasteiger partial charge in [-0.05, 0) is 42.4 Å². The van der Waals surface area contributed by atoms with Crippen LogP contribution in [0, 0.1) is 6.92 Å². The summed E-state index contributed by atoms with van der Waals surface area (Å²) in [5, 5.41) is 6.06. The molecule has 0 saturated carbocycles. The number of carbonyl (C=O) groups is 1. The minimum absolute atomic E-state index is 0.0149. The first-order valence-electron chi connectivity index (χ1n) is 8.67. The van der Waals surface area contributed by atoms with Gasteiger partial charge in [0, 0.05) is 5.69 Å². The Kier molecular flexibility index (Phi) is 8.14. The summed E-state index contributed by atoms with van der Waals surface area (Å²) in [6.45, 7) is 1.37. The molecule has 1 aromatic carbocycles. The number of nitrogens with one attached hydrogen (secondary N) is 2. The van der Waals surface area contributed by atoms with Gasteiger partial charge in [0.05, 0.1) is 21.5 Å². The topological polar surface area (TPSA) is 171 Å². The van der Waals surface area contributed by atoms with Crippen LogP contribution in [0.1, 0.15) is 5.69 Å². The molecule has 2 aromatic rings. The monoisotopic (exact) mass is 490 g/mol. The number of amides is 1. The number of sulfonamides is 1. The van der Waals surface area contributed by atoms with Crippen LogP contribution in [0.4, 0.5) is 5.69 Å². The fourth-order valence-electron chi connectivity index (χ4n) is 2.35. The number of pyridine rings is 1. The van der Waals surface area contributed by atoms with Gasteiger partial charge in [-0.3, -0.25) is 14.3 Å². The summed E-state index contributed by atoms with van der Waals surface area (Å²) in [6.07, 6.45) is 0. The first kappa shape index (κ1) is 24.3. The Bertz CT molecular complexity index is 1160. The SMILES string of the molecule is Cc1ccc(NS(=O)(=O)c2ccc(Cl)c(Cl)c2)c(=O)n1CC(=O)NCCON=C(N)N. The van der Waals surface area contributed by atoms with Gasteiger partial charge in [-0.25, -0.2) is 8.42 Å². The van der Waals surface area contributed by atoms with E-state index in [-0.39, 0.29) is 46.3 Å². The average molecular weight is 491 g/mol. The predicted molar refractivity (Wildman–Crippen MR) is 117 cm³/mol. The molecule has 11 nitrogen and oxygen atoms in total. The first-order chi connectivity index (χ1) is 14.5. The van der Waals surface area contributed by atoms with Gasteiger partial charge in [-0.2, -0.15) is 0 Å². The van der Waals surface area contributed by atoms with Crippen molar-refractivity contribution in [1.29, 1.82) is 0 Å². The molecule has 2 rings (SSSR count). The van der Waals surface area contributed by atoms with E-state index in [9.17, 15) is 18.0 Å². The van der Waals surface area contributed by atoms with E-state index >= 15 is 0 Å². The van der Waals surface area contributed by atoms with E-state index in [0.29, 0.717) is 5.69 Å². The number of nitrogens with zero attached hydrogens (tertiary/aromatic N) is 2. The molecule has 31 heavy (non-hydrogen) atoms. The highest BCUT2D eigenvalue weighted by atomic mass is 35.5. The number of halogens is 2. The Morgan fingerprint density at radius 3 is 2.55 bits per heavy atom. The zero-order chi connectivity index (χ0) is 23.2. The summed E-state index contributed by atoms with van der Waals surface area (Å²) in [5.74, 6) is -0.753. The number of hydrogen-bond donors (Lipinski definition) is 4. The first-order valence-corrected chi connectivity index (χ1v) is 10.9. The van der Waals surface area contributed by atoms with Gasteiger partial charge in [0.15, 0.2) is 0 Å². The quantitative estimate of drug-likeness (QED) is 0.172. The Hall–Kier alpha value is -2.96. The fraction of sp³-hybridized carbons (Fsp3) is 0.235. The van der Waals surface area contributed by atoms with Gasteiger partial charge >= 0.3 is 0 Å². The van der Waals surface area contributed by atoms with Crippen molar-refractivity contribution in [1.82, 2.24) is 9.88 Å². The second-order valence-electron chi connectivity index (χ2n) is 6.16. The third kappa shape index (κ3) is 6.77. The number of aryl methyl sites for hydroxylation is 1. The Morgan fingerprint density at radius 1 is 1.19 bits per heavy atom. The highest BCUT2D eigenvalue weighted by Crippen LogP contribution is 2.25. The van der Waals surface area contributed by atoms with Crippen LogP contribution in [-0.4, -0.2) is 38.0 Å². The van der Waals surface area contributed by atoms with Crippen molar-refractivity contribution >= 4 is 50.8 Å². The number of aromatic nitrogens is 1. The lowest BCUT2D eigenvalue weighted by atomic mass is 10.3. The molecule has 1 amide bonds. The molecule has 6 N–H and O–H groups in total. The molecule has 1 heterocycles. The molecule has 1 aromatic heterocycles. The van der Waals surface area contributed by atoms with Gasteiger partial charge in [-0.15, -0.1) is 0 Å². The average Bonchev–Trinajstić information content (AvgIpc) is 2.69. The molecule has 0 unspecified atom stereocenters. The molecule has 0 saturated heterocycles. The van der Waals surface area contributed by atoms with E-state index in [2.05, 4.69) is 15.2 Å². The number of anilines is 1. The van der Waals surface area contributed by atoms with Crippen LogP contribution in [0.2, 0.25) is 10.0 Å². The minimum Gasteiger partial charge on any atom is -0.391 e. The van der Waals surface area contributed by atoms with E-state index in [1.54, 1.807) is 6.92 Å². The number of nitrogens with two attached hydrogens (primary N) is 2. The zero-order valence-electron chi connectivity index (χ0n) is 16.3. The summed E-state index contributed by atoms with van der Waals surface area (Å²) in [6, 6.07) is 6.55. The maximum atomic E-state index is 12.7. The van der Waals surface area contributed by atoms with Gasteiger partial charge in [0.25, 0.3) is 15.6 Å². The number of rotatable bonds is 9. The van der Waals surface area contributed by atoms with Crippen molar-refractivity contribution < 1.29 is 18.0 Å². The van der Waals surface area contributed by atoms with Crippen molar-refractivity contribution in [3.05, 3.63) is 56.4 Å². The van der Waals surface area contributed by atoms with Crippen LogP contribution >= 0.6 is 23.2 Å². The minimum atomic E-state index is -4.12. The zero-order valence-corrected chi connectivity index (χ0v) is 18.6. The Morgan fingerprint density at radius 2 is 1.90 bits per heavy atom. The van der Waals surface area contributed by atoms with Gasteiger partial charge in [-0.1, -0.05) is 23.2 Å². The molecule has 0 bridgehead atoms. The molecule has 0 aliphatic carbocycles. The third-order valence-corrected chi connectivity index (χ3v) is 5.93. The Labute approximate surface area is 188 Å². The van der Waals surface area contributed by atoms with E-state index < -0.39 is 21.5 Å². The molecule has 168 valence electrons. The number of benzene rings is 1. The van der Waals surface area contributed by atoms with Crippen molar-refractivity contribution in [3.8, 4) is 0 Å². The van der Waals surface area contributed by atoms with Crippen LogP contribution in [0.25, 0.3) is 0 Å². The van der Waals surface area contributed by atoms with E-state index in [0.717, 1.165) is 10.6 Å². The molecule has 0 aliphatic heterocycles. The number of oxime groups is 1. The van der Waals surface area contributed by atoms with E-state index in [1.807, 2.05) is 0 Å². The Balaban J connectivity index is 2.14. The third-order valence-electron chi connectivity index (χ3n) is 3.83. The van der Waals surface area contributed by atoms with Gasteiger partial charge in [0.1, 0.15) is 18.8 Å². The normalized spacial score (nSPS) is 10.9. The largest absolute Gasteiger partial charge is 0.391 e. The smallest absolute Gasteiger partial charge is 0.275 e. The van der Waals surface area contributed by atoms with Crippen LogP contribution < -0.4 is 27.1 Å².